The smallest absolute Gasteiger partial charge is 0.356 e. The molecule has 0 amide bonds. The second-order valence-electron chi connectivity index (χ2n) is 0.447. The third kappa shape index (κ3) is 1210. The van der Waals surface area contributed by atoms with E-state index in [1.165, 1.54) is 0 Å². The van der Waals surface area contributed by atoms with Crippen LogP contribution in [0.2, 0.25) is 0 Å². The van der Waals surface area contributed by atoms with E-state index in [2.05, 4.69) is 0 Å². The van der Waals surface area contributed by atoms with Crippen molar-refractivity contribution in [3.05, 3.63) is 30.6 Å². The number of nitrogens with zero attached hydrogens (tertiary/aromatic N) is 2. The zero-order valence-corrected chi connectivity index (χ0v) is 9.65. The van der Waals surface area contributed by atoms with Gasteiger partial charge < -0.3 is 30.6 Å². The van der Waals surface area contributed by atoms with E-state index in [0.717, 1.165) is 0 Å². The Labute approximate surface area is 108 Å². The van der Waals surface area contributed by atoms with Crippen molar-refractivity contribution in [1.82, 2.24) is 0 Å². The fourth-order valence-electron chi connectivity index (χ4n) is 0. The molecule has 0 aromatic carbocycles. The summed E-state index contributed by atoms with van der Waals surface area (Å²) in [5, 5.41) is 29.5. The molecule has 0 aliphatic rings. The van der Waals surface area contributed by atoms with Gasteiger partial charge in [-0.2, -0.15) is 0 Å². The van der Waals surface area contributed by atoms with Gasteiger partial charge in [-0.25, -0.2) is 0 Å². The van der Waals surface area contributed by atoms with E-state index in [-0.39, 0.29) is 68.5 Å². The predicted octanol–water partition coefficient (Wildman–Crippen LogP) is -1.24. The Kier molecular flexibility index (Phi) is 36.6. The van der Waals surface area contributed by atoms with E-state index in [9.17, 15) is 0 Å². The molecule has 0 fully saturated rings. The Morgan fingerprint density at radius 3 is 0.800 bits per heavy atom. The van der Waals surface area contributed by atoms with Crippen LogP contribution in [-0.4, -0.2) is 78.7 Å². The molecule has 0 N–H and O–H groups in total. The predicted molar refractivity (Wildman–Crippen MR) is 32.2 cm³/mol. The van der Waals surface area contributed by atoms with Gasteiger partial charge in [0.2, 0.25) is 0 Å². The summed E-state index contributed by atoms with van der Waals surface area (Å²) in [6.07, 6.45) is 0. The molecule has 10 heavy (non-hydrogen) atoms. The first-order chi connectivity index (χ1) is 3.46. The van der Waals surface area contributed by atoms with Crippen LogP contribution in [0.4, 0.5) is 0 Å². The van der Waals surface area contributed by atoms with E-state index in [1.54, 1.807) is 0 Å². The summed E-state index contributed by atoms with van der Waals surface area (Å²) in [6.45, 7) is 0. The molecule has 0 aliphatic carbocycles. The molecule has 0 radical (unpaired) electrons. The molecule has 0 atom stereocenters. The van der Waals surface area contributed by atoms with Crippen molar-refractivity contribution >= 4 is 68.5 Å². The van der Waals surface area contributed by atoms with Gasteiger partial charge in [-0.1, -0.05) is 0 Å². The molecule has 0 aliphatic heterocycles. The fraction of sp³-hybridized carbons (Fsp3) is 0. The molecule has 0 rings (SSSR count). The van der Waals surface area contributed by atoms with Crippen molar-refractivity contribution in [3.63, 3.8) is 0 Å². The zero-order valence-electron chi connectivity index (χ0n) is 4.76. The first-order valence-electron chi connectivity index (χ1n) is 1.10. The zero-order chi connectivity index (χ0) is 7.15. The summed E-state index contributed by atoms with van der Waals surface area (Å²) in [6, 6.07) is 0. The van der Waals surface area contributed by atoms with Crippen molar-refractivity contribution in [2.45, 2.75) is 0 Å². The third-order valence-electron chi connectivity index (χ3n) is 0. The Morgan fingerprint density at radius 1 is 0.800 bits per heavy atom. The maximum Gasteiger partial charge on any atom is 2.00 e. The summed E-state index contributed by atoms with van der Waals surface area (Å²) in [7, 11) is 0. The van der Waals surface area contributed by atoms with Crippen LogP contribution >= 0.6 is 0 Å². The largest absolute Gasteiger partial charge is 2.00 e. The topological polar surface area (TPSA) is 132 Å². The van der Waals surface area contributed by atoms with Gasteiger partial charge in [0, 0.05) is 0 Å². The average molecular weight is 236 g/mol. The van der Waals surface area contributed by atoms with Crippen molar-refractivity contribution in [2.75, 3.05) is 0 Å². The Hall–Kier alpha value is 0.647. The molecule has 0 aromatic heterocycles. The third-order valence-corrected chi connectivity index (χ3v) is 0. The minimum atomic E-state index is -1.75. The van der Waals surface area contributed by atoms with Crippen LogP contribution in [0.3, 0.4) is 0 Å². The van der Waals surface area contributed by atoms with E-state index in [0.29, 0.717) is 0 Å². The van der Waals surface area contributed by atoms with Gasteiger partial charge in [-0.15, -0.1) is 0 Å². The second-order valence-corrected chi connectivity index (χ2v) is 0.447. The average Bonchev–Trinajstić information content (AvgIpc) is 1.25. The molecule has 10 heteroatoms. The van der Waals surface area contributed by atoms with Crippen molar-refractivity contribution in [1.29, 1.82) is 0 Å². The summed E-state index contributed by atoms with van der Waals surface area (Å²) in [5.41, 5.74) is 0. The van der Waals surface area contributed by atoms with E-state index in [1.807, 2.05) is 0 Å². The Bertz CT molecular complexity index is 73.7. The molecular weight excluding hydrogens is 236 g/mol. The van der Waals surface area contributed by atoms with E-state index >= 15 is 0 Å². The summed E-state index contributed by atoms with van der Waals surface area (Å²) in [5.74, 6) is 0. The molecule has 48 valence electrons. The monoisotopic (exact) mass is 236 g/mol. The van der Waals surface area contributed by atoms with Crippen molar-refractivity contribution < 1.29 is 10.2 Å². The summed E-state index contributed by atoms with van der Waals surface area (Å²) < 4.78 is 0. The van der Waals surface area contributed by atoms with Crippen molar-refractivity contribution in [3.8, 4) is 0 Å². The first kappa shape index (κ1) is 22.4. The summed E-state index contributed by atoms with van der Waals surface area (Å²) in [4.78, 5) is 16.5. The Morgan fingerprint density at radius 2 is 0.800 bits per heavy atom. The molecule has 8 nitrogen and oxygen atoms in total. The van der Waals surface area contributed by atoms with Gasteiger partial charge in [0.15, 0.2) is 0 Å². The fourth-order valence-corrected chi connectivity index (χ4v) is 0. The van der Waals surface area contributed by atoms with Gasteiger partial charge in [0.05, 0.1) is 10.2 Å². The van der Waals surface area contributed by atoms with Crippen LogP contribution in [0.15, 0.2) is 0 Å². The molecule has 0 aromatic rings. The van der Waals surface area contributed by atoms with Crippen LogP contribution in [0.5, 0.6) is 0 Å². The maximum absolute atomic E-state index is 8.25. The van der Waals surface area contributed by atoms with Gasteiger partial charge in [-0.05, 0) is 0 Å². The molecular formula is MgN2O6Sr+2. The quantitative estimate of drug-likeness (QED) is 0.293. The van der Waals surface area contributed by atoms with Gasteiger partial charge in [0.1, 0.15) is 0 Å². The minimum Gasteiger partial charge on any atom is -0.356 e. The van der Waals surface area contributed by atoms with Crippen LogP contribution in [0.1, 0.15) is 0 Å². The van der Waals surface area contributed by atoms with Crippen molar-refractivity contribution in [2.24, 2.45) is 0 Å². The van der Waals surface area contributed by atoms with E-state index < -0.39 is 10.2 Å². The summed E-state index contributed by atoms with van der Waals surface area (Å²) >= 11 is 0. The standard InChI is InChI=1S/Mg.2NO3.Sr/c;2*2-1(3)4;/q+2;2*-1;+2. The molecule has 0 saturated heterocycles. The molecule has 0 bridgehead atoms. The number of rotatable bonds is 0. The van der Waals surface area contributed by atoms with Crippen LogP contribution in [-0.2, 0) is 0 Å². The molecule has 0 saturated carbocycles. The minimum absolute atomic E-state index is 0. The molecule has 0 spiro atoms. The SMILES string of the molecule is O=[N+]([O-])[O-].O=[N+]([O-])[O-].[Mg+2].[Sr+2]. The van der Waals surface area contributed by atoms with Crippen LogP contribution < -0.4 is 0 Å². The number of hydrogen-bond donors (Lipinski definition) is 0. The number of hydrogen-bond acceptors (Lipinski definition) is 6. The van der Waals surface area contributed by atoms with Gasteiger partial charge >= 0.3 is 68.5 Å². The second kappa shape index (κ2) is 16.3. The van der Waals surface area contributed by atoms with Crippen LogP contribution in [0, 0.1) is 30.6 Å². The maximum atomic E-state index is 8.25. The van der Waals surface area contributed by atoms with Gasteiger partial charge in [0.25, 0.3) is 0 Å². The van der Waals surface area contributed by atoms with E-state index in [4.69, 9.17) is 30.6 Å². The first-order valence-corrected chi connectivity index (χ1v) is 1.10. The molecule has 0 unspecified atom stereocenters. The molecule has 0 heterocycles. The van der Waals surface area contributed by atoms with Gasteiger partial charge in [-0.3, -0.25) is 0 Å². The van der Waals surface area contributed by atoms with Crippen LogP contribution in [0.25, 0.3) is 0 Å². The normalized spacial score (nSPS) is 4.80. The Balaban J connectivity index is -0.0000000300.